The van der Waals surface area contributed by atoms with Gasteiger partial charge in [0.15, 0.2) is 0 Å². The predicted octanol–water partition coefficient (Wildman–Crippen LogP) is -0.174. The Morgan fingerprint density at radius 2 is 2.03 bits per heavy atom. The molecule has 1 aromatic rings. The van der Waals surface area contributed by atoms with Gasteiger partial charge in [0.1, 0.15) is 0 Å². The summed E-state index contributed by atoms with van der Waals surface area (Å²) in [5.41, 5.74) is 11.6. The van der Waals surface area contributed by atoms with Gasteiger partial charge in [0.25, 0.3) is 0 Å². The molecule has 0 radical (unpaired) electrons. The van der Waals surface area contributed by atoms with E-state index in [1.165, 1.54) is 17.5 Å². The van der Waals surface area contributed by atoms with E-state index in [1.807, 2.05) is 12.1 Å². The number of hydrazine groups is 1. The molecule has 3 aliphatic rings. The number of benzene rings is 1. The van der Waals surface area contributed by atoms with Gasteiger partial charge in [0, 0.05) is 43.9 Å². The molecule has 5 N–H and O–H groups in total. The van der Waals surface area contributed by atoms with Crippen molar-refractivity contribution in [1.29, 1.82) is 0 Å². The molecule has 3 aliphatic heterocycles. The Balaban J connectivity index is 1.61. The third-order valence-corrected chi connectivity index (χ3v) is 7.45. The summed E-state index contributed by atoms with van der Waals surface area (Å²) in [6.07, 6.45) is 1.99. The highest BCUT2D eigenvalue weighted by Gasteiger charge is 2.48. The lowest BCUT2D eigenvalue weighted by atomic mass is 9.88. The van der Waals surface area contributed by atoms with Crippen molar-refractivity contribution in [3.63, 3.8) is 0 Å². The van der Waals surface area contributed by atoms with Gasteiger partial charge in [-0.15, -0.1) is 0 Å². The topological polar surface area (TPSA) is 137 Å². The smallest absolute Gasteiger partial charge is 0.244 e. The third-order valence-electron chi connectivity index (χ3n) is 6.18. The van der Waals surface area contributed by atoms with E-state index in [-0.39, 0.29) is 30.3 Å². The number of nitrogens with two attached hydrogens (primary N) is 1. The van der Waals surface area contributed by atoms with E-state index in [1.54, 1.807) is 11.1 Å². The summed E-state index contributed by atoms with van der Waals surface area (Å²) in [5, 5.41) is 7.61. The normalized spacial score (nSPS) is 29.0. The Morgan fingerprint density at radius 1 is 1.27 bits per heavy atom. The van der Waals surface area contributed by atoms with E-state index in [0.29, 0.717) is 31.6 Å². The number of hydrogen-bond acceptors (Lipinski definition) is 7. The molecule has 11 heteroatoms. The standard InChI is InChI=1S/C19H28N6O4S/c1-11(26)22-12-3-4-16-15(9-12)13(5-7-21-16)19(27)25-17-10-24(30(2,28)29)8-6-14(17)18(20)23-25/h3-4,9,13-14,17-18,21,23H,5-8,10,20H2,1-2H3,(H,22,26). The van der Waals surface area contributed by atoms with E-state index in [0.717, 1.165) is 11.3 Å². The molecule has 10 nitrogen and oxygen atoms in total. The van der Waals surface area contributed by atoms with Crippen LogP contribution in [0.3, 0.4) is 0 Å². The van der Waals surface area contributed by atoms with E-state index < -0.39 is 22.1 Å². The predicted molar refractivity (Wildman–Crippen MR) is 113 cm³/mol. The van der Waals surface area contributed by atoms with Crippen molar-refractivity contribution >= 4 is 33.2 Å². The van der Waals surface area contributed by atoms with Gasteiger partial charge in [-0.1, -0.05) is 0 Å². The number of rotatable bonds is 3. The molecule has 2 fully saturated rings. The Hall–Kier alpha value is -2.21. The second-order valence-electron chi connectivity index (χ2n) is 8.26. The number of anilines is 2. The van der Waals surface area contributed by atoms with Gasteiger partial charge in [0.2, 0.25) is 21.8 Å². The minimum Gasteiger partial charge on any atom is -0.385 e. The van der Waals surface area contributed by atoms with Gasteiger partial charge >= 0.3 is 0 Å². The fourth-order valence-electron chi connectivity index (χ4n) is 4.72. The second kappa shape index (κ2) is 7.80. The first-order valence-corrected chi connectivity index (χ1v) is 12.0. The van der Waals surface area contributed by atoms with E-state index in [4.69, 9.17) is 5.73 Å². The van der Waals surface area contributed by atoms with Crippen molar-refractivity contribution in [2.75, 3.05) is 36.5 Å². The fourth-order valence-corrected chi connectivity index (χ4v) is 5.58. The molecule has 30 heavy (non-hydrogen) atoms. The van der Waals surface area contributed by atoms with Crippen LogP contribution in [-0.4, -0.2) is 67.6 Å². The maximum Gasteiger partial charge on any atom is 0.244 e. The zero-order chi connectivity index (χ0) is 21.6. The molecule has 2 amide bonds. The summed E-state index contributed by atoms with van der Waals surface area (Å²) < 4.78 is 25.5. The van der Waals surface area contributed by atoms with Crippen molar-refractivity contribution in [1.82, 2.24) is 14.7 Å². The highest BCUT2D eigenvalue weighted by Crippen LogP contribution is 2.37. The summed E-state index contributed by atoms with van der Waals surface area (Å²) >= 11 is 0. The summed E-state index contributed by atoms with van der Waals surface area (Å²) in [6, 6.07) is 5.17. The SMILES string of the molecule is CC(=O)Nc1ccc2c(c1)C(C(=O)N1NC(N)C3CCN(S(C)(=O)=O)CC31)CCN2. The molecule has 1 aromatic carbocycles. The van der Waals surface area contributed by atoms with Crippen LogP contribution in [0, 0.1) is 5.92 Å². The summed E-state index contributed by atoms with van der Waals surface area (Å²) in [5.74, 6) is -0.725. The van der Waals surface area contributed by atoms with Crippen molar-refractivity contribution < 1.29 is 18.0 Å². The van der Waals surface area contributed by atoms with Gasteiger partial charge < -0.3 is 16.4 Å². The minimum atomic E-state index is -3.35. The summed E-state index contributed by atoms with van der Waals surface area (Å²) in [4.78, 5) is 25.0. The monoisotopic (exact) mass is 436 g/mol. The average Bonchev–Trinajstić information content (AvgIpc) is 3.02. The van der Waals surface area contributed by atoms with Crippen LogP contribution in [0.4, 0.5) is 11.4 Å². The molecule has 0 spiro atoms. The molecule has 0 aliphatic carbocycles. The fraction of sp³-hybridized carbons (Fsp3) is 0.579. The van der Waals surface area contributed by atoms with Gasteiger partial charge in [-0.25, -0.2) is 18.1 Å². The Labute approximate surface area is 176 Å². The van der Waals surface area contributed by atoms with Crippen molar-refractivity contribution in [3.8, 4) is 0 Å². The van der Waals surface area contributed by atoms with Crippen molar-refractivity contribution in [3.05, 3.63) is 23.8 Å². The molecular weight excluding hydrogens is 408 g/mol. The molecule has 4 unspecified atom stereocenters. The number of fused-ring (bicyclic) bond motifs is 2. The zero-order valence-corrected chi connectivity index (χ0v) is 17.9. The van der Waals surface area contributed by atoms with E-state index in [2.05, 4.69) is 16.1 Å². The Kier molecular flexibility index (Phi) is 5.47. The van der Waals surface area contributed by atoms with Crippen molar-refractivity contribution in [2.24, 2.45) is 11.7 Å². The van der Waals surface area contributed by atoms with E-state index >= 15 is 0 Å². The van der Waals surface area contributed by atoms with Crippen LogP contribution in [0.5, 0.6) is 0 Å². The van der Waals surface area contributed by atoms with Gasteiger partial charge in [-0.3, -0.25) is 14.6 Å². The lowest BCUT2D eigenvalue weighted by Gasteiger charge is -2.38. The second-order valence-corrected chi connectivity index (χ2v) is 10.2. The van der Waals surface area contributed by atoms with Crippen LogP contribution >= 0.6 is 0 Å². The first-order valence-electron chi connectivity index (χ1n) is 10.1. The molecule has 2 saturated heterocycles. The van der Waals surface area contributed by atoms with Gasteiger partial charge in [0.05, 0.1) is 24.4 Å². The van der Waals surface area contributed by atoms with Crippen LogP contribution in [0.1, 0.15) is 31.2 Å². The molecule has 164 valence electrons. The number of nitrogens with zero attached hydrogens (tertiary/aromatic N) is 2. The van der Waals surface area contributed by atoms with Crippen LogP contribution in [-0.2, 0) is 19.6 Å². The summed E-state index contributed by atoms with van der Waals surface area (Å²) in [7, 11) is -3.35. The number of amides is 2. The maximum absolute atomic E-state index is 13.6. The molecule has 0 aromatic heterocycles. The van der Waals surface area contributed by atoms with Crippen molar-refractivity contribution in [2.45, 2.75) is 37.9 Å². The molecule has 3 heterocycles. The van der Waals surface area contributed by atoms with Gasteiger partial charge in [-0.2, -0.15) is 0 Å². The molecule has 0 saturated carbocycles. The van der Waals surface area contributed by atoms with Gasteiger partial charge in [-0.05, 0) is 36.6 Å². The van der Waals surface area contributed by atoms with E-state index in [9.17, 15) is 18.0 Å². The third kappa shape index (κ3) is 3.89. The zero-order valence-electron chi connectivity index (χ0n) is 17.1. The number of piperidine rings is 1. The van der Waals surface area contributed by atoms with Crippen LogP contribution < -0.4 is 21.8 Å². The number of nitrogens with one attached hydrogen (secondary N) is 3. The number of carbonyl (C=O) groups excluding carboxylic acids is 2. The Morgan fingerprint density at radius 3 is 2.73 bits per heavy atom. The molecular formula is C19H28N6O4S. The first kappa shape index (κ1) is 21.0. The highest BCUT2D eigenvalue weighted by molar-refractivity contribution is 7.88. The maximum atomic E-state index is 13.6. The highest BCUT2D eigenvalue weighted by atomic mass is 32.2. The minimum absolute atomic E-state index is 0.00106. The number of hydrogen-bond donors (Lipinski definition) is 4. The van der Waals surface area contributed by atoms with Crippen LogP contribution in [0.2, 0.25) is 0 Å². The molecule has 4 atom stereocenters. The lowest BCUT2D eigenvalue weighted by molar-refractivity contribution is -0.137. The Bertz CT molecular complexity index is 968. The lowest BCUT2D eigenvalue weighted by Crippen LogP contribution is -2.54. The number of carbonyl (C=O) groups is 2. The molecule has 0 bridgehead atoms. The summed E-state index contributed by atoms with van der Waals surface area (Å²) in [6.45, 7) is 2.73. The average molecular weight is 437 g/mol. The first-order chi connectivity index (χ1) is 14.1. The largest absolute Gasteiger partial charge is 0.385 e. The quantitative estimate of drug-likeness (QED) is 0.516. The van der Waals surface area contributed by atoms with Crippen LogP contribution in [0.25, 0.3) is 0 Å². The molecule has 4 rings (SSSR count). The number of sulfonamides is 1. The van der Waals surface area contributed by atoms with Crippen LogP contribution in [0.15, 0.2) is 18.2 Å².